The summed E-state index contributed by atoms with van der Waals surface area (Å²) in [6.07, 6.45) is 5.54. The highest BCUT2D eigenvalue weighted by Gasteiger charge is 2.15. The van der Waals surface area contributed by atoms with Crippen molar-refractivity contribution >= 4 is 12.1 Å². The lowest BCUT2D eigenvalue weighted by Crippen LogP contribution is -2.25. The fourth-order valence-corrected chi connectivity index (χ4v) is 2.62. The van der Waals surface area contributed by atoms with Crippen LogP contribution in [0.25, 0.3) is 11.1 Å². The summed E-state index contributed by atoms with van der Waals surface area (Å²) in [5.41, 5.74) is 8.77. The van der Waals surface area contributed by atoms with Crippen LogP contribution in [-0.4, -0.2) is 17.1 Å². The average molecular weight is 372 g/mol. The summed E-state index contributed by atoms with van der Waals surface area (Å²) < 4.78 is 5.90. The molecule has 28 heavy (non-hydrogen) atoms. The second-order valence-corrected chi connectivity index (χ2v) is 5.94. The summed E-state index contributed by atoms with van der Waals surface area (Å²) >= 11 is 0. The van der Waals surface area contributed by atoms with Gasteiger partial charge in [0.15, 0.2) is 0 Å². The molecule has 0 aliphatic carbocycles. The molecule has 6 heteroatoms. The van der Waals surface area contributed by atoms with Crippen LogP contribution in [0.1, 0.15) is 15.9 Å². The fourth-order valence-electron chi connectivity index (χ4n) is 2.62. The first-order valence-corrected chi connectivity index (χ1v) is 8.66. The predicted octanol–water partition coefficient (Wildman–Crippen LogP) is 3.51. The van der Waals surface area contributed by atoms with E-state index >= 15 is 0 Å². The molecule has 6 nitrogen and oxygen atoms in total. The Labute approximate surface area is 163 Å². The number of allylic oxidation sites excluding steroid dienone is 1. The molecule has 3 rings (SSSR count). The molecule has 0 aliphatic rings. The van der Waals surface area contributed by atoms with E-state index in [2.05, 4.69) is 10.3 Å². The van der Waals surface area contributed by atoms with E-state index in [1.807, 2.05) is 48.5 Å². The van der Waals surface area contributed by atoms with Crippen molar-refractivity contribution in [2.24, 2.45) is 5.73 Å². The van der Waals surface area contributed by atoms with E-state index in [1.165, 1.54) is 6.20 Å². The largest absolute Gasteiger partial charge is 0.488 e. The van der Waals surface area contributed by atoms with Crippen LogP contribution in [0.3, 0.4) is 0 Å². The van der Waals surface area contributed by atoms with Gasteiger partial charge >= 0.3 is 0 Å². The first-order chi connectivity index (χ1) is 13.7. The minimum Gasteiger partial charge on any atom is -0.488 e. The monoisotopic (exact) mass is 372 g/mol. The second kappa shape index (κ2) is 9.14. The highest BCUT2D eigenvalue weighted by molar-refractivity contribution is 6.01. The van der Waals surface area contributed by atoms with Crippen molar-refractivity contribution in [2.45, 2.75) is 6.61 Å². The van der Waals surface area contributed by atoms with Crippen molar-refractivity contribution in [3.63, 3.8) is 0 Å². The fraction of sp³-hybridized carbons (Fsp3) is 0.0455. The van der Waals surface area contributed by atoms with Crippen molar-refractivity contribution in [1.29, 1.82) is 5.41 Å². The molecule has 0 spiro atoms. The molecule has 0 saturated carbocycles. The number of hydrogen-bond donors (Lipinski definition) is 3. The van der Waals surface area contributed by atoms with Crippen LogP contribution in [0, 0.1) is 5.41 Å². The molecule has 4 N–H and O–H groups in total. The third-order valence-corrected chi connectivity index (χ3v) is 4.07. The van der Waals surface area contributed by atoms with Crippen LogP contribution in [0.15, 0.2) is 85.0 Å². The van der Waals surface area contributed by atoms with Crippen molar-refractivity contribution in [1.82, 2.24) is 10.3 Å². The van der Waals surface area contributed by atoms with Gasteiger partial charge in [0, 0.05) is 24.8 Å². The Morgan fingerprint density at radius 3 is 2.50 bits per heavy atom. The molecular formula is C22H20N4O2. The van der Waals surface area contributed by atoms with Gasteiger partial charge < -0.3 is 21.2 Å². The van der Waals surface area contributed by atoms with Crippen molar-refractivity contribution < 1.29 is 9.53 Å². The van der Waals surface area contributed by atoms with Gasteiger partial charge in [0.05, 0.1) is 11.3 Å². The van der Waals surface area contributed by atoms with Crippen LogP contribution in [0.2, 0.25) is 0 Å². The highest BCUT2D eigenvalue weighted by atomic mass is 16.5. The number of benzene rings is 2. The first-order valence-electron chi connectivity index (χ1n) is 8.66. The van der Waals surface area contributed by atoms with E-state index in [4.69, 9.17) is 15.9 Å². The van der Waals surface area contributed by atoms with Crippen LogP contribution < -0.4 is 15.8 Å². The van der Waals surface area contributed by atoms with Gasteiger partial charge in [0.1, 0.15) is 12.4 Å². The van der Waals surface area contributed by atoms with Crippen molar-refractivity contribution in [3.05, 3.63) is 96.1 Å². The maximum Gasteiger partial charge on any atom is 0.259 e. The van der Waals surface area contributed by atoms with Gasteiger partial charge in [-0.05, 0) is 41.0 Å². The molecule has 0 atom stereocenters. The van der Waals surface area contributed by atoms with Gasteiger partial charge in [0.2, 0.25) is 0 Å². The van der Waals surface area contributed by atoms with E-state index < -0.39 is 5.91 Å². The number of hydrogen-bond acceptors (Lipinski definition) is 5. The molecule has 0 bridgehead atoms. The van der Waals surface area contributed by atoms with Crippen LogP contribution in [0.5, 0.6) is 5.75 Å². The van der Waals surface area contributed by atoms with Gasteiger partial charge in [-0.25, -0.2) is 0 Å². The Balaban J connectivity index is 1.93. The molecule has 1 aromatic heterocycles. The SMILES string of the molecule is N=C/C(=C\N)NC(=O)c1cc(-c2ccncc2)ccc1OCc1ccccc1. The molecular weight excluding hydrogens is 352 g/mol. The zero-order chi connectivity index (χ0) is 19.8. The van der Waals surface area contributed by atoms with Crippen LogP contribution >= 0.6 is 0 Å². The lowest BCUT2D eigenvalue weighted by Gasteiger charge is -2.14. The highest BCUT2D eigenvalue weighted by Crippen LogP contribution is 2.27. The number of amides is 1. The summed E-state index contributed by atoms with van der Waals surface area (Å²) in [6, 6.07) is 18.8. The standard InChI is InChI=1S/C22H20N4O2/c23-13-19(14-24)26-22(27)20-12-18(17-8-10-25-11-9-17)6-7-21(20)28-15-16-4-2-1-3-5-16/h1-14,23H,15,24H2,(H,26,27)/b19-14+,23-13?. The van der Waals surface area contributed by atoms with Crippen molar-refractivity contribution in [3.8, 4) is 16.9 Å². The molecule has 1 amide bonds. The minimum absolute atomic E-state index is 0.202. The average Bonchev–Trinajstić information content (AvgIpc) is 2.77. The van der Waals surface area contributed by atoms with E-state index in [0.717, 1.165) is 22.9 Å². The summed E-state index contributed by atoms with van der Waals surface area (Å²) in [4.78, 5) is 16.8. The molecule has 0 unspecified atom stereocenters. The van der Waals surface area contributed by atoms with Crippen molar-refractivity contribution in [2.75, 3.05) is 0 Å². The Morgan fingerprint density at radius 2 is 1.82 bits per heavy atom. The Morgan fingerprint density at radius 1 is 1.07 bits per heavy atom. The number of nitrogens with one attached hydrogen (secondary N) is 2. The maximum absolute atomic E-state index is 12.8. The van der Waals surface area contributed by atoms with Crippen LogP contribution in [-0.2, 0) is 6.61 Å². The third-order valence-electron chi connectivity index (χ3n) is 4.07. The number of aromatic nitrogens is 1. The molecule has 3 aromatic rings. The van der Waals surface area contributed by atoms with E-state index in [1.54, 1.807) is 24.5 Å². The zero-order valence-electron chi connectivity index (χ0n) is 15.1. The molecule has 0 saturated heterocycles. The van der Waals surface area contributed by atoms with Gasteiger partial charge in [-0.2, -0.15) is 0 Å². The number of nitrogens with zero attached hydrogens (tertiary/aromatic N) is 1. The Hall–Kier alpha value is -3.93. The van der Waals surface area contributed by atoms with Gasteiger partial charge in [-0.1, -0.05) is 36.4 Å². The molecule has 1 heterocycles. The molecule has 0 aliphatic heterocycles. The lowest BCUT2D eigenvalue weighted by molar-refractivity contribution is 0.0963. The predicted molar refractivity (Wildman–Crippen MR) is 109 cm³/mol. The molecule has 0 radical (unpaired) electrons. The summed E-state index contributed by atoms with van der Waals surface area (Å²) in [6.45, 7) is 0.333. The number of carbonyl (C=O) groups excluding carboxylic acids is 1. The Kier molecular flexibility index (Phi) is 6.15. The molecule has 140 valence electrons. The number of pyridine rings is 1. The second-order valence-electron chi connectivity index (χ2n) is 5.94. The summed E-state index contributed by atoms with van der Waals surface area (Å²) in [5, 5.41) is 9.93. The molecule has 2 aromatic carbocycles. The lowest BCUT2D eigenvalue weighted by atomic mass is 10.0. The third kappa shape index (κ3) is 4.62. The maximum atomic E-state index is 12.8. The van der Waals surface area contributed by atoms with Gasteiger partial charge in [-0.3, -0.25) is 9.78 Å². The van der Waals surface area contributed by atoms with E-state index in [9.17, 15) is 4.79 Å². The van der Waals surface area contributed by atoms with Gasteiger partial charge in [0.25, 0.3) is 5.91 Å². The Bertz CT molecular complexity index is 986. The van der Waals surface area contributed by atoms with E-state index in [-0.39, 0.29) is 5.70 Å². The topological polar surface area (TPSA) is 101 Å². The first kappa shape index (κ1) is 18.8. The minimum atomic E-state index is -0.404. The summed E-state index contributed by atoms with van der Waals surface area (Å²) in [5.74, 6) is 0.0414. The zero-order valence-corrected chi connectivity index (χ0v) is 15.1. The number of rotatable bonds is 7. The van der Waals surface area contributed by atoms with Gasteiger partial charge in [-0.15, -0.1) is 0 Å². The quantitative estimate of drug-likeness (QED) is 0.552. The number of ether oxygens (including phenoxy) is 1. The number of carbonyl (C=O) groups is 1. The van der Waals surface area contributed by atoms with Crippen LogP contribution in [0.4, 0.5) is 0 Å². The smallest absolute Gasteiger partial charge is 0.259 e. The normalized spacial score (nSPS) is 10.9. The van der Waals surface area contributed by atoms with E-state index in [0.29, 0.717) is 17.9 Å². The molecule has 0 fully saturated rings. The number of nitrogens with two attached hydrogens (primary N) is 1. The summed E-state index contributed by atoms with van der Waals surface area (Å²) in [7, 11) is 0.